The molecular weight excluding hydrogens is 252 g/mol. The summed E-state index contributed by atoms with van der Waals surface area (Å²) in [7, 11) is 0. The molecule has 0 unspecified atom stereocenters. The molecular formula is C16H27N2O2+. The van der Waals surface area contributed by atoms with Crippen molar-refractivity contribution in [3.63, 3.8) is 0 Å². The number of aliphatic hydroxyl groups excluding tert-OH is 1. The Labute approximate surface area is 121 Å². The lowest BCUT2D eigenvalue weighted by atomic mass is 9.98. The number of nitrogens with two attached hydrogens (primary N) is 1. The molecule has 0 fully saturated rings. The lowest BCUT2D eigenvalue weighted by Gasteiger charge is -2.17. The highest BCUT2D eigenvalue weighted by Crippen LogP contribution is 2.27. The molecule has 112 valence electrons. The first-order valence-corrected chi connectivity index (χ1v) is 7.33. The van der Waals surface area contributed by atoms with Crippen LogP contribution in [-0.2, 0) is 4.79 Å². The van der Waals surface area contributed by atoms with Gasteiger partial charge in [-0.05, 0) is 30.4 Å². The first-order valence-electron chi connectivity index (χ1n) is 7.33. The smallest absolute Gasteiger partial charge is 0.279 e. The lowest BCUT2D eigenvalue weighted by molar-refractivity contribution is -0.680. The minimum atomic E-state index is -0.0203. The number of nitrogens with one attached hydrogen (secondary N) is 1. The third-order valence-electron chi connectivity index (χ3n) is 3.59. The molecule has 0 bridgehead atoms. The second-order valence-electron chi connectivity index (χ2n) is 5.53. The maximum Gasteiger partial charge on any atom is 0.279 e. The van der Waals surface area contributed by atoms with E-state index in [1.807, 2.05) is 31.3 Å². The predicted octanol–water partition coefficient (Wildman–Crippen LogP) is 1.39. The second kappa shape index (κ2) is 8.02. The second-order valence-corrected chi connectivity index (χ2v) is 5.53. The third-order valence-corrected chi connectivity index (χ3v) is 3.59. The average molecular weight is 279 g/mol. The van der Waals surface area contributed by atoms with Gasteiger partial charge in [-0.1, -0.05) is 39.0 Å². The molecule has 4 N–H and O–H groups in total. The number of para-hydroxylation sites is 1. The van der Waals surface area contributed by atoms with Crippen LogP contribution in [0, 0.1) is 6.92 Å². The van der Waals surface area contributed by atoms with Gasteiger partial charge in [-0.3, -0.25) is 4.79 Å². The predicted molar refractivity (Wildman–Crippen MR) is 81.9 cm³/mol. The van der Waals surface area contributed by atoms with Crippen LogP contribution in [0.15, 0.2) is 18.2 Å². The minimum absolute atomic E-state index is 0.0203. The zero-order valence-electron chi connectivity index (χ0n) is 12.9. The van der Waals surface area contributed by atoms with E-state index in [-0.39, 0.29) is 18.6 Å². The minimum Gasteiger partial charge on any atom is -0.390 e. The number of hydrogen-bond donors (Lipinski definition) is 3. The molecule has 4 heteroatoms. The zero-order chi connectivity index (χ0) is 15.1. The number of benzene rings is 1. The number of carbonyl (C=O) groups excluding carboxylic acids is 1. The Kier molecular flexibility index (Phi) is 6.68. The summed E-state index contributed by atoms with van der Waals surface area (Å²) in [5.41, 5.74) is 3.17. The summed E-state index contributed by atoms with van der Waals surface area (Å²) in [6.07, 6.45) is 0.853. The SMILES string of the molecule is CC[C@@H](CO)[NH2+]CC(=O)Nc1c(C)cccc1C(C)C. The largest absolute Gasteiger partial charge is 0.390 e. The van der Waals surface area contributed by atoms with Crippen LogP contribution < -0.4 is 10.6 Å². The Bertz CT molecular complexity index is 440. The Hall–Kier alpha value is -1.39. The molecule has 1 amide bonds. The van der Waals surface area contributed by atoms with Gasteiger partial charge < -0.3 is 15.7 Å². The van der Waals surface area contributed by atoms with Gasteiger partial charge in [0.05, 0.1) is 6.61 Å². The van der Waals surface area contributed by atoms with Crippen LogP contribution in [0.2, 0.25) is 0 Å². The fourth-order valence-electron chi connectivity index (χ4n) is 2.18. The van der Waals surface area contributed by atoms with Crippen molar-refractivity contribution in [3.8, 4) is 0 Å². The van der Waals surface area contributed by atoms with Gasteiger partial charge in [0, 0.05) is 5.69 Å². The summed E-state index contributed by atoms with van der Waals surface area (Å²) in [6.45, 7) is 8.70. The molecule has 20 heavy (non-hydrogen) atoms. The standard InChI is InChI=1S/C16H26N2O2/c1-5-13(10-19)17-9-15(20)18-16-12(4)7-6-8-14(16)11(2)3/h6-8,11,13,17,19H,5,9-10H2,1-4H3,(H,18,20)/p+1/t13-/m0/s1. The van der Waals surface area contributed by atoms with Crippen molar-refractivity contribution in [2.24, 2.45) is 0 Å². The zero-order valence-corrected chi connectivity index (χ0v) is 12.9. The first kappa shape index (κ1) is 16.7. The van der Waals surface area contributed by atoms with Crippen LogP contribution in [0.4, 0.5) is 5.69 Å². The van der Waals surface area contributed by atoms with Gasteiger partial charge in [0.1, 0.15) is 6.04 Å². The molecule has 0 radical (unpaired) electrons. The summed E-state index contributed by atoms with van der Waals surface area (Å²) in [5, 5.41) is 14.0. The molecule has 0 aliphatic heterocycles. The van der Waals surface area contributed by atoms with E-state index in [1.54, 1.807) is 0 Å². The van der Waals surface area contributed by atoms with Gasteiger partial charge in [-0.25, -0.2) is 0 Å². The molecule has 4 nitrogen and oxygen atoms in total. The normalized spacial score (nSPS) is 12.5. The van der Waals surface area contributed by atoms with Crippen molar-refractivity contribution in [2.45, 2.75) is 46.1 Å². The Morgan fingerprint density at radius 3 is 2.65 bits per heavy atom. The van der Waals surface area contributed by atoms with E-state index in [0.717, 1.165) is 23.2 Å². The van der Waals surface area contributed by atoms with E-state index in [9.17, 15) is 4.79 Å². The van der Waals surface area contributed by atoms with Crippen molar-refractivity contribution >= 4 is 11.6 Å². The molecule has 0 aromatic heterocycles. The molecule has 1 aromatic carbocycles. The number of aryl methyl sites for hydroxylation is 1. The fraction of sp³-hybridized carbons (Fsp3) is 0.562. The number of carbonyl (C=O) groups is 1. The Morgan fingerprint density at radius 2 is 2.10 bits per heavy atom. The van der Waals surface area contributed by atoms with Crippen molar-refractivity contribution in [1.29, 1.82) is 0 Å². The van der Waals surface area contributed by atoms with Crippen LogP contribution in [-0.4, -0.2) is 30.2 Å². The van der Waals surface area contributed by atoms with Crippen molar-refractivity contribution in [1.82, 2.24) is 0 Å². The van der Waals surface area contributed by atoms with Gasteiger partial charge >= 0.3 is 0 Å². The van der Waals surface area contributed by atoms with Crippen LogP contribution in [0.1, 0.15) is 44.2 Å². The van der Waals surface area contributed by atoms with Gasteiger partial charge in [0.15, 0.2) is 6.54 Å². The average Bonchev–Trinajstić information content (AvgIpc) is 2.42. The summed E-state index contributed by atoms with van der Waals surface area (Å²) in [4.78, 5) is 12.1. The monoisotopic (exact) mass is 279 g/mol. The van der Waals surface area contributed by atoms with E-state index < -0.39 is 0 Å². The summed E-state index contributed by atoms with van der Waals surface area (Å²) in [5.74, 6) is 0.350. The maximum absolute atomic E-state index is 12.1. The van der Waals surface area contributed by atoms with Gasteiger partial charge in [-0.15, -0.1) is 0 Å². The molecule has 1 aromatic rings. The number of quaternary nitrogens is 1. The van der Waals surface area contributed by atoms with E-state index in [4.69, 9.17) is 5.11 Å². The summed E-state index contributed by atoms with van der Waals surface area (Å²) >= 11 is 0. The molecule has 0 saturated heterocycles. The molecule has 0 saturated carbocycles. The topological polar surface area (TPSA) is 65.9 Å². The molecule has 0 heterocycles. The van der Waals surface area contributed by atoms with Crippen molar-refractivity contribution in [3.05, 3.63) is 29.3 Å². The van der Waals surface area contributed by atoms with Crippen LogP contribution in [0.3, 0.4) is 0 Å². The maximum atomic E-state index is 12.1. The van der Waals surface area contributed by atoms with Gasteiger partial charge in [0.2, 0.25) is 0 Å². The fourth-order valence-corrected chi connectivity index (χ4v) is 2.18. The third kappa shape index (κ3) is 4.62. The van der Waals surface area contributed by atoms with Crippen LogP contribution in [0.5, 0.6) is 0 Å². The van der Waals surface area contributed by atoms with Gasteiger partial charge in [0.25, 0.3) is 5.91 Å². The first-order chi connectivity index (χ1) is 9.49. The highest BCUT2D eigenvalue weighted by molar-refractivity contribution is 5.93. The van der Waals surface area contributed by atoms with E-state index in [2.05, 4.69) is 25.2 Å². The molecule has 1 atom stereocenters. The van der Waals surface area contributed by atoms with Gasteiger partial charge in [-0.2, -0.15) is 0 Å². The number of rotatable bonds is 7. The van der Waals surface area contributed by atoms with E-state index in [0.29, 0.717) is 12.5 Å². The van der Waals surface area contributed by atoms with Crippen LogP contribution in [0.25, 0.3) is 0 Å². The van der Waals surface area contributed by atoms with Crippen LogP contribution >= 0.6 is 0 Å². The number of anilines is 1. The van der Waals surface area contributed by atoms with E-state index >= 15 is 0 Å². The number of aliphatic hydroxyl groups is 1. The quantitative estimate of drug-likeness (QED) is 0.706. The molecule has 0 spiro atoms. The molecule has 1 rings (SSSR count). The lowest BCUT2D eigenvalue weighted by Crippen LogP contribution is -2.92. The van der Waals surface area contributed by atoms with E-state index in [1.165, 1.54) is 0 Å². The highest BCUT2D eigenvalue weighted by atomic mass is 16.3. The molecule has 0 aliphatic carbocycles. The van der Waals surface area contributed by atoms with Crippen molar-refractivity contribution in [2.75, 3.05) is 18.5 Å². The summed E-state index contributed by atoms with van der Waals surface area (Å²) in [6, 6.07) is 6.18. The Morgan fingerprint density at radius 1 is 1.40 bits per heavy atom. The van der Waals surface area contributed by atoms with Crippen molar-refractivity contribution < 1.29 is 15.2 Å². The number of amides is 1. The molecule has 0 aliphatic rings. The highest BCUT2D eigenvalue weighted by Gasteiger charge is 2.14. The summed E-state index contributed by atoms with van der Waals surface area (Å²) < 4.78 is 0. The Balaban J connectivity index is 2.71. The number of hydrogen-bond acceptors (Lipinski definition) is 2.